The summed E-state index contributed by atoms with van der Waals surface area (Å²) >= 11 is 0. The topological polar surface area (TPSA) is 21.8 Å². The Hall–Kier alpha value is -2.16. The van der Waals surface area contributed by atoms with E-state index in [2.05, 4.69) is 54.6 Å². The molecule has 110 valence electrons. The maximum atomic E-state index is 6.23. The number of hydrogen-bond acceptors (Lipinski definition) is 2. The molecular formula is C20H18O2. The van der Waals surface area contributed by atoms with Crippen LogP contribution in [0.2, 0.25) is 0 Å². The summed E-state index contributed by atoms with van der Waals surface area (Å²) in [7, 11) is 0. The second kappa shape index (κ2) is 5.56. The highest BCUT2D eigenvalue weighted by Gasteiger charge is 2.38. The van der Waals surface area contributed by atoms with E-state index < -0.39 is 0 Å². The molecule has 0 radical (unpaired) electrons. The van der Waals surface area contributed by atoms with Crippen molar-refractivity contribution >= 4 is 10.8 Å². The molecule has 22 heavy (non-hydrogen) atoms. The lowest BCUT2D eigenvalue weighted by Crippen LogP contribution is -2.10. The summed E-state index contributed by atoms with van der Waals surface area (Å²) < 4.78 is 11.7. The Morgan fingerprint density at radius 1 is 0.864 bits per heavy atom. The summed E-state index contributed by atoms with van der Waals surface area (Å²) in [6.07, 6.45) is -0.0346. The molecule has 0 aromatic heterocycles. The van der Waals surface area contributed by atoms with Crippen LogP contribution < -0.4 is 0 Å². The Bertz CT molecular complexity index is 777. The third kappa shape index (κ3) is 2.52. The zero-order chi connectivity index (χ0) is 14.9. The van der Waals surface area contributed by atoms with Gasteiger partial charge < -0.3 is 9.47 Å². The van der Waals surface area contributed by atoms with Crippen molar-refractivity contribution in [2.45, 2.75) is 25.4 Å². The van der Waals surface area contributed by atoms with Gasteiger partial charge in [0.05, 0.1) is 0 Å². The van der Waals surface area contributed by atoms with Crippen LogP contribution >= 0.6 is 0 Å². The minimum atomic E-state index is -0.109. The van der Waals surface area contributed by atoms with E-state index in [1.165, 1.54) is 16.3 Å². The van der Waals surface area contributed by atoms with E-state index in [0.29, 0.717) is 0 Å². The second-order valence-electron chi connectivity index (χ2n) is 5.70. The molecule has 0 N–H and O–H groups in total. The van der Waals surface area contributed by atoms with Gasteiger partial charge in [0.2, 0.25) is 0 Å². The molecule has 3 aromatic carbocycles. The van der Waals surface area contributed by atoms with Crippen molar-refractivity contribution in [2.24, 2.45) is 0 Å². The summed E-state index contributed by atoms with van der Waals surface area (Å²) in [4.78, 5) is 0. The first-order valence-electron chi connectivity index (χ1n) is 7.66. The Labute approximate surface area is 130 Å². The van der Waals surface area contributed by atoms with Crippen molar-refractivity contribution in [1.29, 1.82) is 0 Å². The minimum absolute atomic E-state index is 0.107. The monoisotopic (exact) mass is 290 g/mol. The van der Waals surface area contributed by atoms with Gasteiger partial charge >= 0.3 is 0 Å². The lowest BCUT2D eigenvalue weighted by molar-refractivity contribution is 0.00881. The molecule has 0 amide bonds. The third-order valence-electron chi connectivity index (χ3n) is 4.13. The van der Waals surface area contributed by atoms with Crippen molar-refractivity contribution in [1.82, 2.24) is 0 Å². The van der Waals surface area contributed by atoms with Crippen molar-refractivity contribution < 1.29 is 9.47 Å². The maximum Gasteiger partial charge on any atom is 0.185 e. The van der Waals surface area contributed by atoms with Crippen molar-refractivity contribution in [3.63, 3.8) is 0 Å². The van der Waals surface area contributed by atoms with Gasteiger partial charge in [-0.25, -0.2) is 0 Å². The molecule has 1 heterocycles. The summed E-state index contributed by atoms with van der Waals surface area (Å²) in [6.45, 7) is 2.04. The number of benzene rings is 3. The molecule has 1 aliphatic heterocycles. The van der Waals surface area contributed by atoms with Gasteiger partial charge in [0.1, 0.15) is 12.2 Å². The first kappa shape index (κ1) is 13.5. The Morgan fingerprint density at radius 3 is 2.32 bits per heavy atom. The molecule has 1 saturated heterocycles. The third-order valence-corrected chi connectivity index (χ3v) is 4.13. The molecule has 0 bridgehead atoms. The number of epoxide rings is 1. The highest BCUT2D eigenvalue weighted by atomic mass is 16.8. The summed E-state index contributed by atoms with van der Waals surface area (Å²) in [5, 5.41) is 2.46. The summed E-state index contributed by atoms with van der Waals surface area (Å²) in [5.74, 6) is 0. The normalized spacial score (nSPS) is 21.7. The SMILES string of the molecule is CC1OC1OC(c1ccccc1)c1cccc2ccccc12. The Kier molecular flexibility index (Phi) is 3.41. The van der Waals surface area contributed by atoms with E-state index in [1.807, 2.05) is 25.1 Å². The number of rotatable bonds is 4. The standard InChI is InChI=1S/C20H18O2/c1-14-20(21-14)22-19(16-9-3-2-4-10-16)18-13-7-11-15-8-5-6-12-17(15)18/h2-14,19-20H,1H3. The highest BCUT2D eigenvalue weighted by molar-refractivity contribution is 5.86. The Morgan fingerprint density at radius 2 is 1.55 bits per heavy atom. The van der Waals surface area contributed by atoms with Crippen LogP contribution in [-0.4, -0.2) is 12.4 Å². The molecule has 0 aliphatic carbocycles. The largest absolute Gasteiger partial charge is 0.342 e. The molecule has 2 heteroatoms. The number of hydrogen-bond donors (Lipinski definition) is 0. The first-order valence-corrected chi connectivity index (χ1v) is 7.66. The predicted octanol–water partition coefficient (Wildman–Crippen LogP) is 4.69. The van der Waals surface area contributed by atoms with E-state index >= 15 is 0 Å². The average molecular weight is 290 g/mol. The first-order chi connectivity index (χ1) is 10.8. The summed E-state index contributed by atoms with van der Waals surface area (Å²) in [6, 6.07) is 25.2. The van der Waals surface area contributed by atoms with E-state index in [9.17, 15) is 0 Å². The fraction of sp³-hybridized carbons (Fsp3) is 0.200. The fourth-order valence-corrected chi connectivity index (χ4v) is 2.88. The lowest BCUT2D eigenvalue weighted by atomic mass is 9.96. The van der Waals surface area contributed by atoms with Crippen molar-refractivity contribution in [2.75, 3.05) is 0 Å². The zero-order valence-corrected chi connectivity index (χ0v) is 12.5. The maximum absolute atomic E-state index is 6.23. The Balaban J connectivity index is 1.82. The fourth-order valence-electron chi connectivity index (χ4n) is 2.88. The predicted molar refractivity (Wildman–Crippen MR) is 87.7 cm³/mol. The van der Waals surface area contributed by atoms with Gasteiger partial charge in [0.25, 0.3) is 0 Å². The van der Waals surface area contributed by atoms with Crippen LogP contribution in [0.3, 0.4) is 0 Å². The van der Waals surface area contributed by atoms with E-state index in [1.54, 1.807) is 0 Å². The molecule has 2 nitrogen and oxygen atoms in total. The van der Waals surface area contributed by atoms with Gasteiger partial charge in [-0.1, -0.05) is 72.8 Å². The quantitative estimate of drug-likeness (QED) is 0.650. The van der Waals surface area contributed by atoms with Crippen molar-refractivity contribution in [3.05, 3.63) is 83.9 Å². The smallest absolute Gasteiger partial charge is 0.185 e. The highest BCUT2D eigenvalue weighted by Crippen LogP contribution is 2.36. The van der Waals surface area contributed by atoms with Gasteiger partial charge in [0, 0.05) is 0 Å². The minimum Gasteiger partial charge on any atom is -0.342 e. The summed E-state index contributed by atoms with van der Waals surface area (Å²) in [5.41, 5.74) is 2.34. The molecule has 0 spiro atoms. The molecule has 3 unspecified atom stereocenters. The molecule has 3 atom stereocenters. The molecule has 4 rings (SSSR count). The van der Waals surface area contributed by atoms with Gasteiger partial charge in [-0.05, 0) is 28.8 Å². The van der Waals surface area contributed by atoms with E-state index in [0.717, 1.165) is 5.56 Å². The average Bonchev–Trinajstić information content (AvgIpc) is 3.28. The molecule has 0 saturated carbocycles. The molecule has 3 aromatic rings. The molecular weight excluding hydrogens is 272 g/mol. The van der Waals surface area contributed by atoms with Crippen LogP contribution in [0, 0.1) is 0 Å². The number of fused-ring (bicyclic) bond motifs is 1. The van der Waals surface area contributed by atoms with Crippen LogP contribution in [0.15, 0.2) is 72.8 Å². The van der Waals surface area contributed by atoms with Gasteiger partial charge in [-0.15, -0.1) is 0 Å². The van der Waals surface area contributed by atoms with Gasteiger partial charge in [0.15, 0.2) is 6.29 Å². The van der Waals surface area contributed by atoms with Crippen LogP contribution in [-0.2, 0) is 9.47 Å². The van der Waals surface area contributed by atoms with Gasteiger partial charge in [-0.2, -0.15) is 0 Å². The van der Waals surface area contributed by atoms with E-state index in [4.69, 9.17) is 9.47 Å². The van der Waals surface area contributed by atoms with Crippen LogP contribution in [0.5, 0.6) is 0 Å². The second-order valence-corrected chi connectivity index (χ2v) is 5.70. The van der Waals surface area contributed by atoms with Crippen molar-refractivity contribution in [3.8, 4) is 0 Å². The van der Waals surface area contributed by atoms with Gasteiger partial charge in [-0.3, -0.25) is 0 Å². The molecule has 1 aliphatic rings. The van der Waals surface area contributed by atoms with Crippen LogP contribution in [0.1, 0.15) is 24.2 Å². The molecule has 1 fully saturated rings. The lowest BCUT2D eigenvalue weighted by Gasteiger charge is -2.19. The number of ether oxygens (including phenoxy) is 2. The van der Waals surface area contributed by atoms with Crippen LogP contribution in [0.25, 0.3) is 10.8 Å². The van der Waals surface area contributed by atoms with E-state index in [-0.39, 0.29) is 18.5 Å². The zero-order valence-electron chi connectivity index (χ0n) is 12.5. The van der Waals surface area contributed by atoms with Crippen LogP contribution in [0.4, 0.5) is 0 Å².